The highest BCUT2D eigenvalue weighted by Crippen LogP contribution is 2.33. The van der Waals surface area contributed by atoms with Crippen LogP contribution in [0.3, 0.4) is 0 Å². The van der Waals surface area contributed by atoms with E-state index in [9.17, 15) is 19.2 Å². The van der Waals surface area contributed by atoms with Gasteiger partial charge in [0, 0.05) is 10.4 Å². The first-order valence-electron chi connectivity index (χ1n) is 5.35. The third-order valence-electron chi connectivity index (χ3n) is 2.49. The number of ketones is 2. The lowest BCUT2D eigenvalue weighted by Crippen LogP contribution is -2.00. The van der Waals surface area contributed by atoms with Crippen LogP contribution in [0.1, 0.15) is 20.0 Å². The minimum atomic E-state index is -0.708. The van der Waals surface area contributed by atoms with Crippen molar-refractivity contribution in [1.82, 2.24) is 0 Å². The monoisotopic (exact) mass is 272 g/mol. The number of Topliss-reactive ketones (excluding diaryl/α,β-unsaturated/α-hetero) is 2. The van der Waals surface area contributed by atoms with Crippen LogP contribution in [0.25, 0.3) is 10.4 Å². The van der Waals surface area contributed by atoms with Crippen LogP contribution in [0.2, 0.25) is 0 Å². The fraction of sp³-hybridized carbons (Fsp3) is 0. The minimum absolute atomic E-state index is 0.149. The molecule has 0 spiro atoms. The van der Waals surface area contributed by atoms with E-state index in [-0.39, 0.29) is 23.0 Å². The van der Waals surface area contributed by atoms with E-state index in [1.54, 1.807) is 24.3 Å². The van der Waals surface area contributed by atoms with Gasteiger partial charge in [0.05, 0.1) is 4.88 Å². The van der Waals surface area contributed by atoms with Gasteiger partial charge < -0.3 is 0 Å². The summed E-state index contributed by atoms with van der Waals surface area (Å²) in [5.41, 5.74) is 0.874. The summed E-state index contributed by atoms with van der Waals surface area (Å²) in [6, 6.07) is 10.2. The summed E-state index contributed by atoms with van der Waals surface area (Å²) in [6.45, 7) is 0. The van der Waals surface area contributed by atoms with Gasteiger partial charge in [-0.05, 0) is 11.6 Å². The van der Waals surface area contributed by atoms with Crippen LogP contribution < -0.4 is 0 Å². The van der Waals surface area contributed by atoms with Gasteiger partial charge in [-0.2, -0.15) is 0 Å². The van der Waals surface area contributed by atoms with Crippen molar-refractivity contribution in [1.29, 1.82) is 0 Å². The van der Waals surface area contributed by atoms with Crippen LogP contribution in [-0.4, -0.2) is 24.1 Å². The first-order valence-corrected chi connectivity index (χ1v) is 6.17. The third kappa shape index (κ3) is 2.56. The average Bonchev–Trinajstić information content (AvgIpc) is 2.91. The molecule has 0 unspecified atom stereocenters. The molecule has 0 aliphatic carbocycles. The second-order valence-corrected chi connectivity index (χ2v) is 4.74. The maximum absolute atomic E-state index is 11.6. The fourth-order valence-corrected chi connectivity index (χ4v) is 2.69. The quantitative estimate of drug-likeness (QED) is 0.475. The highest BCUT2D eigenvalue weighted by atomic mass is 32.1. The first-order chi connectivity index (χ1) is 9.17. The highest BCUT2D eigenvalue weighted by Gasteiger charge is 2.19. The molecule has 1 aromatic heterocycles. The second-order valence-electron chi connectivity index (χ2n) is 3.68. The summed E-state index contributed by atoms with van der Waals surface area (Å²) in [5, 5.41) is 0. The first kappa shape index (κ1) is 13.0. The van der Waals surface area contributed by atoms with Crippen LogP contribution >= 0.6 is 11.3 Å². The number of hydrogen-bond acceptors (Lipinski definition) is 5. The maximum atomic E-state index is 11.6. The Morgan fingerprint density at radius 2 is 1.58 bits per heavy atom. The van der Waals surface area contributed by atoms with Crippen molar-refractivity contribution in [2.45, 2.75) is 0 Å². The smallest absolute Gasteiger partial charge is 0.235 e. The molecule has 0 fully saturated rings. The molecule has 0 N–H and O–H groups in total. The number of carbonyl (C=O) groups excluding carboxylic acids is 4. The molecule has 5 heteroatoms. The number of thiophene rings is 1. The summed E-state index contributed by atoms with van der Waals surface area (Å²) in [6.07, 6.45) is 0.388. The molecule has 0 atom stereocenters. The molecule has 1 aromatic carbocycles. The molecule has 94 valence electrons. The van der Waals surface area contributed by atoms with Gasteiger partial charge in [0.2, 0.25) is 11.6 Å². The molecular weight excluding hydrogens is 264 g/mol. The lowest BCUT2D eigenvalue weighted by Gasteiger charge is -1.99. The molecule has 19 heavy (non-hydrogen) atoms. The van der Waals surface area contributed by atoms with E-state index in [2.05, 4.69) is 0 Å². The van der Waals surface area contributed by atoms with Crippen molar-refractivity contribution in [3.63, 3.8) is 0 Å². The number of carbonyl (C=O) groups is 4. The summed E-state index contributed by atoms with van der Waals surface area (Å²) < 4.78 is 0. The van der Waals surface area contributed by atoms with Gasteiger partial charge in [-0.25, -0.2) is 0 Å². The van der Waals surface area contributed by atoms with E-state index in [1.165, 1.54) is 6.07 Å². The standard InChI is InChI=1S/C14H8O4S/c15-7-11(17)10-6-13(12(18)8-16)19-14(10)9-4-2-1-3-5-9/h1-8H. The molecule has 0 aliphatic heterocycles. The van der Waals surface area contributed by atoms with E-state index in [0.717, 1.165) is 16.9 Å². The van der Waals surface area contributed by atoms with E-state index >= 15 is 0 Å². The van der Waals surface area contributed by atoms with Gasteiger partial charge >= 0.3 is 0 Å². The van der Waals surface area contributed by atoms with Gasteiger partial charge in [-0.3, -0.25) is 19.2 Å². The predicted molar refractivity (Wildman–Crippen MR) is 70.5 cm³/mol. The SMILES string of the molecule is O=CC(=O)c1cc(C(=O)C=O)c(-c2ccccc2)s1. The molecule has 0 radical (unpaired) electrons. The fourth-order valence-electron chi connectivity index (χ4n) is 1.62. The van der Waals surface area contributed by atoms with Crippen LogP contribution in [0.5, 0.6) is 0 Å². The maximum Gasteiger partial charge on any atom is 0.235 e. The van der Waals surface area contributed by atoms with Crippen LogP contribution in [0.4, 0.5) is 0 Å². The van der Waals surface area contributed by atoms with Crippen molar-refractivity contribution < 1.29 is 19.2 Å². The zero-order valence-corrected chi connectivity index (χ0v) is 10.5. The zero-order valence-electron chi connectivity index (χ0n) is 9.66. The molecule has 4 nitrogen and oxygen atoms in total. The number of hydrogen-bond donors (Lipinski definition) is 0. The Kier molecular flexibility index (Phi) is 3.77. The highest BCUT2D eigenvalue weighted by molar-refractivity contribution is 7.18. The van der Waals surface area contributed by atoms with Crippen LogP contribution in [-0.2, 0) is 9.59 Å². The molecule has 2 aromatic rings. The Hall–Kier alpha value is -2.40. The molecule has 2 rings (SSSR count). The Labute approximate surface area is 112 Å². The Morgan fingerprint density at radius 3 is 2.16 bits per heavy atom. The molecule has 1 heterocycles. The van der Waals surface area contributed by atoms with Crippen molar-refractivity contribution in [2.24, 2.45) is 0 Å². The summed E-state index contributed by atoms with van der Waals surface area (Å²) in [4.78, 5) is 44.7. The topological polar surface area (TPSA) is 68.3 Å². The number of aldehydes is 2. The summed E-state index contributed by atoms with van der Waals surface area (Å²) in [7, 11) is 0. The van der Waals surface area contributed by atoms with Gasteiger partial charge in [-0.15, -0.1) is 11.3 Å². The number of rotatable bonds is 5. The molecular formula is C14H8O4S. The van der Waals surface area contributed by atoms with Gasteiger partial charge in [-0.1, -0.05) is 30.3 Å². The van der Waals surface area contributed by atoms with E-state index in [4.69, 9.17) is 0 Å². The van der Waals surface area contributed by atoms with E-state index in [0.29, 0.717) is 4.88 Å². The minimum Gasteiger partial charge on any atom is -0.294 e. The molecule has 0 saturated carbocycles. The Bertz CT molecular complexity index is 655. The predicted octanol–water partition coefficient (Wildman–Crippen LogP) is 2.18. The Balaban J connectivity index is 2.61. The van der Waals surface area contributed by atoms with Gasteiger partial charge in [0.15, 0.2) is 12.6 Å². The third-order valence-corrected chi connectivity index (χ3v) is 3.69. The van der Waals surface area contributed by atoms with Gasteiger partial charge in [0.1, 0.15) is 0 Å². The average molecular weight is 272 g/mol. The van der Waals surface area contributed by atoms with Gasteiger partial charge in [0.25, 0.3) is 0 Å². The molecule has 0 amide bonds. The molecule has 0 aliphatic rings. The van der Waals surface area contributed by atoms with E-state index in [1.807, 2.05) is 6.07 Å². The summed E-state index contributed by atoms with van der Waals surface area (Å²) >= 11 is 1.03. The summed E-state index contributed by atoms with van der Waals surface area (Å²) in [5.74, 6) is -1.41. The lowest BCUT2D eigenvalue weighted by molar-refractivity contribution is -0.105. The molecule has 0 bridgehead atoms. The zero-order chi connectivity index (χ0) is 13.8. The largest absolute Gasteiger partial charge is 0.294 e. The lowest BCUT2D eigenvalue weighted by atomic mass is 10.1. The van der Waals surface area contributed by atoms with Crippen molar-refractivity contribution >= 4 is 35.5 Å². The van der Waals surface area contributed by atoms with E-state index < -0.39 is 11.6 Å². The Morgan fingerprint density at radius 1 is 0.947 bits per heavy atom. The van der Waals surface area contributed by atoms with Crippen molar-refractivity contribution in [3.8, 4) is 10.4 Å². The van der Waals surface area contributed by atoms with Crippen LogP contribution in [0, 0.1) is 0 Å². The normalized spacial score (nSPS) is 9.89. The van der Waals surface area contributed by atoms with Crippen molar-refractivity contribution in [2.75, 3.05) is 0 Å². The second kappa shape index (κ2) is 5.49. The van der Waals surface area contributed by atoms with Crippen LogP contribution in [0.15, 0.2) is 36.4 Å². The number of benzene rings is 1. The molecule has 0 saturated heterocycles. The van der Waals surface area contributed by atoms with Crippen molar-refractivity contribution in [3.05, 3.63) is 46.8 Å².